The normalized spacial score (nSPS) is 16.7. The number of aromatic nitrogens is 2. The number of carbonyl (C=O) groups is 1. The van der Waals surface area contributed by atoms with Crippen LogP contribution in [-0.4, -0.2) is 34.5 Å². The maximum absolute atomic E-state index is 12.2. The van der Waals surface area contributed by atoms with E-state index < -0.39 is 0 Å². The first kappa shape index (κ1) is 13.0. The Morgan fingerprint density at radius 1 is 1.47 bits per heavy atom. The van der Waals surface area contributed by atoms with Crippen molar-refractivity contribution in [2.75, 3.05) is 13.2 Å². The third-order valence-electron chi connectivity index (χ3n) is 3.07. The minimum atomic E-state index is -0.127. The Morgan fingerprint density at radius 3 is 3.05 bits per heavy atom. The van der Waals surface area contributed by atoms with E-state index in [4.69, 9.17) is 4.74 Å². The molecule has 0 saturated carbocycles. The molecule has 0 radical (unpaired) electrons. The summed E-state index contributed by atoms with van der Waals surface area (Å²) in [6, 6.07) is 2.06. The molecule has 0 aromatic carbocycles. The average Bonchev–Trinajstić information content (AvgIpc) is 2.82. The molecule has 1 fully saturated rings. The molecule has 7 heteroatoms. The molecule has 0 atom stereocenters. The smallest absolute Gasteiger partial charge is 0.271 e. The lowest BCUT2D eigenvalue weighted by atomic mass is 10.1. The SMILES string of the molecule is O=C(NC1CCOCC1)c1nsc2ncc(Br)cc12. The van der Waals surface area contributed by atoms with Crippen LogP contribution in [0.15, 0.2) is 16.7 Å². The van der Waals surface area contributed by atoms with Crippen molar-refractivity contribution in [3.05, 3.63) is 22.4 Å². The van der Waals surface area contributed by atoms with Gasteiger partial charge in [0.1, 0.15) is 4.83 Å². The zero-order valence-electron chi connectivity index (χ0n) is 10.1. The van der Waals surface area contributed by atoms with Gasteiger partial charge in [-0.3, -0.25) is 4.79 Å². The fourth-order valence-corrected chi connectivity index (χ4v) is 3.11. The molecule has 1 amide bonds. The summed E-state index contributed by atoms with van der Waals surface area (Å²) in [6.07, 6.45) is 3.42. The first-order valence-electron chi connectivity index (χ1n) is 6.03. The molecule has 0 spiro atoms. The minimum absolute atomic E-state index is 0.127. The van der Waals surface area contributed by atoms with Crippen LogP contribution in [0.5, 0.6) is 0 Å². The van der Waals surface area contributed by atoms with Gasteiger partial charge in [-0.15, -0.1) is 0 Å². The highest BCUT2D eigenvalue weighted by Crippen LogP contribution is 2.24. The molecule has 2 aromatic rings. The summed E-state index contributed by atoms with van der Waals surface area (Å²) in [4.78, 5) is 17.3. The maximum Gasteiger partial charge on any atom is 0.271 e. The summed E-state index contributed by atoms with van der Waals surface area (Å²) in [6.45, 7) is 1.41. The van der Waals surface area contributed by atoms with Gasteiger partial charge >= 0.3 is 0 Å². The molecular formula is C12H12BrN3O2S. The van der Waals surface area contributed by atoms with Crippen LogP contribution in [0.4, 0.5) is 0 Å². The molecule has 2 aromatic heterocycles. The van der Waals surface area contributed by atoms with Crippen LogP contribution in [0.2, 0.25) is 0 Å². The summed E-state index contributed by atoms with van der Waals surface area (Å²) < 4.78 is 10.3. The topological polar surface area (TPSA) is 64.1 Å². The van der Waals surface area contributed by atoms with Gasteiger partial charge in [0.25, 0.3) is 5.91 Å². The molecule has 1 N–H and O–H groups in total. The molecule has 1 aliphatic rings. The van der Waals surface area contributed by atoms with Crippen LogP contribution < -0.4 is 5.32 Å². The molecule has 0 aliphatic carbocycles. The van der Waals surface area contributed by atoms with Crippen molar-refractivity contribution < 1.29 is 9.53 Å². The van der Waals surface area contributed by atoms with Crippen molar-refractivity contribution in [2.45, 2.75) is 18.9 Å². The van der Waals surface area contributed by atoms with Crippen LogP contribution in [0.3, 0.4) is 0 Å². The molecule has 19 heavy (non-hydrogen) atoms. The van der Waals surface area contributed by atoms with Crippen molar-refractivity contribution in [3.8, 4) is 0 Å². The number of hydrogen-bond donors (Lipinski definition) is 1. The number of pyridine rings is 1. The summed E-state index contributed by atoms with van der Waals surface area (Å²) >= 11 is 4.61. The molecule has 3 rings (SSSR count). The highest BCUT2D eigenvalue weighted by Gasteiger charge is 2.20. The standard InChI is InChI=1S/C12H12BrN3O2S/c13-7-5-9-10(16-19-12(9)14-6-7)11(17)15-8-1-3-18-4-2-8/h5-6,8H,1-4H2,(H,15,17). The Bertz CT molecular complexity index is 610. The number of amides is 1. The van der Waals surface area contributed by atoms with Gasteiger partial charge in [-0.05, 0) is 46.4 Å². The number of nitrogens with one attached hydrogen (secondary N) is 1. The lowest BCUT2D eigenvalue weighted by Crippen LogP contribution is -2.39. The summed E-state index contributed by atoms with van der Waals surface area (Å²) in [5, 5.41) is 3.81. The van der Waals surface area contributed by atoms with Gasteiger partial charge in [-0.1, -0.05) is 0 Å². The van der Waals surface area contributed by atoms with E-state index in [0.717, 1.165) is 27.5 Å². The van der Waals surface area contributed by atoms with Gasteiger partial charge in [0.05, 0.1) is 0 Å². The van der Waals surface area contributed by atoms with Gasteiger partial charge < -0.3 is 10.1 Å². The van der Waals surface area contributed by atoms with Crippen LogP contribution in [-0.2, 0) is 4.74 Å². The van der Waals surface area contributed by atoms with Gasteiger partial charge in [-0.2, -0.15) is 4.37 Å². The largest absolute Gasteiger partial charge is 0.381 e. The molecule has 0 bridgehead atoms. The first-order chi connectivity index (χ1) is 9.24. The van der Waals surface area contributed by atoms with Gasteiger partial charge in [-0.25, -0.2) is 4.98 Å². The number of nitrogens with zero attached hydrogens (tertiary/aromatic N) is 2. The molecule has 100 valence electrons. The first-order valence-corrected chi connectivity index (χ1v) is 7.60. The Labute approximate surface area is 122 Å². The zero-order valence-corrected chi connectivity index (χ0v) is 12.5. The van der Waals surface area contributed by atoms with Crippen LogP contribution in [0.25, 0.3) is 10.2 Å². The molecule has 1 aliphatic heterocycles. The molecule has 1 saturated heterocycles. The number of ether oxygens (including phenoxy) is 1. The second-order valence-electron chi connectivity index (χ2n) is 4.40. The van der Waals surface area contributed by atoms with E-state index >= 15 is 0 Å². The Hall–Kier alpha value is -1.05. The van der Waals surface area contributed by atoms with E-state index in [9.17, 15) is 4.79 Å². The fraction of sp³-hybridized carbons (Fsp3) is 0.417. The minimum Gasteiger partial charge on any atom is -0.381 e. The summed E-state index contributed by atoms with van der Waals surface area (Å²) in [5.74, 6) is -0.127. The molecule has 0 unspecified atom stereocenters. The van der Waals surface area contributed by atoms with E-state index in [1.807, 2.05) is 6.07 Å². The molecule has 3 heterocycles. The lowest BCUT2D eigenvalue weighted by Gasteiger charge is -2.22. The fourth-order valence-electron chi connectivity index (χ4n) is 2.07. The quantitative estimate of drug-likeness (QED) is 0.910. The van der Waals surface area contributed by atoms with Gasteiger partial charge in [0, 0.05) is 35.3 Å². The number of fused-ring (bicyclic) bond motifs is 1. The monoisotopic (exact) mass is 341 g/mol. The third-order valence-corrected chi connectivity index (χ3v) is 4.27. The third kappa shape index (κ3) is 2.77. The van der Waals surface area contributed by atoms with E-state index in [0.29, 0.717) is 18.9 Å². The number of rotatable bonds is 2. The van der Waals surface area contributed by atoms with Crippen molar-refractivity contribution in [2.24, 2.45) is 0 Å². The van der Waals surface area contributed by atoms with Crippen LogP contribution in [0.1, 0.15) is 23.3 Å². The second-order valence-corrected chi connectivity index (χ2v) is 6.07. The van der Waals surface area contributed by atoms with E-state index in [-0.39, 0.29) is 11.9 Å². The van der Waals surface area contributed by atoms with Gasteiger partial charge in [0.15, 0.2) is 5.69 Å². The number of halogens is 1. The van der Waals surface area contributed by atoms with Crippen molar-refractivity contribution >= 4 is 43.6 Å². The Kier molecular flexibility index (Phi) is 3.76. The van der Waals surface area contributed by atoms with E-state index in [1.165, 1.54) is 11.5 Å². The zero-order chi connectivity index (χ0) is 13.2. The Morgan fingerprint density at radius 2 is 2.26 bits per heavy atom. The van der Waals surface area contributed by atoms with Crippen LogP contribution >= 0.6 is 27.5 Å². The van der Waals surface area contributed by atoms with Crippen molar-refractivity contribution in [1.29, 1.82) is 0 Å². The second kappa shape index (κ2) is 5.52. The summed E-state index contributed by atoms with van der Waals surface area (Å²) in [5.41, 5.74) is 0.459. The van der Waals surface area contributed by atoms with Crippen LogP contribution in [0, 0.1) is 0 Å². The van der Waals surface area contributed by atoms with Gasteiger partial charge in [0.2, 0.25) is 0 Å². The molecule has 5 nitrogen and oxygen atoms in total. The van der Waals surface area contributed by atoms with Crippen molar-refractivity contribution in [3.63, 3.8) is 0 Å². The number of carbonyl (C=O) groups excluding carboxylic acids is 1. The number of hydrogen-bond acceptors (Lipinski definition) is 5. The molecular weight excluding hydrogens is 330 g/mol. The average molecular weight is 342 g/mol. The summed E-state index contributed by atoms with van der Waals surface area (Å²) in [7, 11) is 0. The lowest BCUT2D eigenvalue weighted by molar-refractivity contribution is 0.0695. The highest BCUT2D eigenvalue weighted by atomic mass is 79.9. The maximum atomic E-state index is 12.2. The predicted molar refractivity (Wildman–Crippen MR) is 76.4 cm³/mol. The Balaban J connectivity index is 1.82. The van der Waals surface area contributed by atoms with Crippen molar-refractivity contribution in [1.82, 2.24) is 14.7 Å². The van der Waals surface area contributed by atoms with E-state index in [1.54, 1.807) is 6.20 Å². The highest BCUT2D eigenvalue weighted by molar-refractivity contribution is 9.10. The predicted octanol–water partition coefficient (Wildman–Crippen LogP) is 2.36. The van der Waals surface area contributed by atoms with E-state index in [2.05, 4.69) is 30.6 Å².